The van der Waals surface area contributed by atoms with Crippen LogP contribution < -0.4 is 0 Å². The third-order valence-electron chi connectivity index (χ3n) is 7.76. The van der Waals surface area contributed by atoms with Gasteiger partial charge in [-0.05, 0) is 70.8 Å². The van der Waals surface area contributed by atoms with E-state index in [1.54, 1.807) is 0 Å². The van der Waals surface area contributed by atoms with E-state index in [1.807, 2.05) is 24.4 Å². The number of pyridine rings is 1. The summed E-state index contributed by atoms with van der Waals surface area (Å²) in [6.07, 6.45) is 4.11. The summed E-state index contributed by atoms with van der Waals surface area (Å²) in [6, 6.07) is 49.7. The molecular formula is C37H25N3. The molecule has 3 heterocycles. The molecule has 40 heavy (non-hydrogen) atoms. The number of para-hydroxylation sites is 1. The summed E-state index contributed by atoms with van der Waals surface area (Å²) in [6.45, 7) is 0. The molecule has 0 unspecified atom stereocenters. The molecule has 0 N–H and O–H groups in total. The molecule has 8 aromatic rings. The van der Waals surface area contributed by atoms with Crippen LogP contribution in [0.25, 0.3) is 66.7 Å². The largest absolute Gasteiger partial charge is 0.309 e. The summed E-state index contributed by atoms with van der Waals surface area (Å²) in [7, 11) is 0. The van der Waals surface area contributed by atoms with Gasteiger partial charge >= 0.3 is 0 Å². The highest BCUT2D eigenvalue weighted by Gasteiger charge is 2.15. The van der Waals surface area contributed by atoms with E-state index < -0.39 is 0 Å². The maximum absolute atomic E-state index is 4.79. The Morgan fingerprint density at radius 3 is 1.65 bits per heavy atom. The number of rotatable bonds is 4. The van der Waals surface area contributed by atoms with Crippen molar-refractivity contribution in [1.29, 1.82) is 0 Å². The van der Waals surface area contributed by atoms with Gasteiger partial charge in [-0.1, -0.05) is 91.0 Å². The zero-order chi connectivity index (χ0) is 26.5. The highest BCUT2D eigenvalue weighted by atomic mass is 15.0. The normalized spacial score (nSPS) is 11.5. The standard InChI is InChI=1S/C37H25N3/c1-3-9-26(10-4-1)29-18-20-35-32(23-29)33-24-30(19-21-36(33)40(35)31-11-5-2-6-12-31)27-14-16-28(17-15-27)34-25-39-22-8-7-13-37(39)38-34/h1-25H. The van der Waals surface area contributed by atoms with Gasteiger partial charge in [-0.2, -0.15) is 0 Å². The SMILES string of the molecule is c1ccc(-c2ccc3c(c2)c2cc(-c4ccc(-c5cn6ccccc6n5)cc4)ccc2n3-c2ccccc2)cc1. The predicted molar refractivity (Wildman–Crippen MR) is 166 cm³/mol. The summed E-state index contributed by atoms with van der Waals surface area (Å²) >= 11 is 0. The molecule has 3 heteroatoms. The van der Waals surface area contributed by atoms with E-state index in [0.29, 0.717) is 0 Å². The number of fused-ring (bicyclic) bond motifs is 4. The van der Waals surface area contributed by atoms with Gasteiger partial charge in [-0.3, -0.25) is 0 Å². The molecule has 0 aliphatic heterocycles. The van der Waals surface area contributed by atoms with Crippen LogP contribution in [-0.2, 0) is 0 Å². The molecule has 0 saturated carbocycles. The van der Waals surface area contributed by atoms with Crippen molar-refractivity contribution in [1.82, 2.24) is 14.0 Å². The van der Waals surface area contributed by atoms with Crippen molar-refractivity contribution in [2.24, 2.45) is 0 Å². The molecule has 8 rings (SSSR count). The molecule has 0 aliphatic carbocycles. The molecule has 0 amide bonds. The van der Waals surface area contributed by atoms with E-state index >= 15 is 0 Å². The maximum atomic E-state index is 4.79. The minimum Gasteiger partial charge on any atom is -0.309 e. The van der Waals surface area contributed by atoms with Crippen LogP contribution in [0.5, 0.6) is 0 Å². The quantitative estimate of drug-likeness (QED) is 0.231. The molecule has 0 spiro atoms. The summed E-state index contributed by atoms with van der Waals surface area (Å²) in [4.78, 5) is 4.79. The van der Waals surface area contributed by atoms with Crippen LogP contribution >= 0.6 is 0 Å². The molecule has 0 aliphatic rings. The van der Waals surface area contributed by atoms with Gasteiger partial charge in [0.15, 0.2) is 0 Å². The van der Waals surface area contributed by atoms with Crippen molar-refractivity contribution in [3.05, 3.63) is 152 Å². The fraction of sp³-hybridized carbons (Fsp3) is 0. The number of nitrogens with zero attached hydrogens (tertiary/aromatic N) is 3. The van der Waals surface area contributed by atoms with Crippen molar-refractivity contribution in [3.8, 4) is 39.2 Å². The van der Waals surface area contributed by atoms with Crippen LogP contribution in [0.1, 0.15) is 0 Å². The summed E-state index contributed by atoms with van der Waals surface area (Å²) in [5.41, 5.74) is 11.5. The third kappa shape index (κ3) is 3.71. The lowest BCUT2D eigenvalue weighted by Gasteiger charge is -2.08. The Morgan fingerprint density at radius 1 is 0.450 bits per heavy atom. The molecule has 0 radical (unpaired) electrons. The van der Waals surface area contributed by atoms with Crippen molar-refractivity contribution < 1.29 is 0 Å². The Hall–Kier alpha value is -5.41. The Kier molecular flexibility index (Phi) is 5.14. The lowest BCUT2D eigenvalue weighted by atomic mass is 9.99. The maximum Gasteiger partial charge on any atom is 0.137 e. The second-order valence-corrected chi connectivity index (χ2v) is 10.2. The lowest BCUT2D eigenvalue weighted by molar-refractivity contribution is 1.18. The summed E-state index contributed by atoms with van der Waals surface area (Å²) < 4.78 is 4.43. The first-order chi connectivity index (χ1) is 19.8. The number of hydrogen-bond donors (Lipinski definition) is 0. The molecule has 5 aromatic carbocycles. The van der Waals surface area contributed by atoms with Gasteiger partial charge in [0.25, 0.3) is 0 Å². The van der Waals surface area contributed by atoms with Crippen molar-refractivity contribution in [3.63, 3.8) is 0 Å². The van der Waals surface area contributed by atoms with E-state index in [-0.39, 0.29) is 0 Å². The van der Waals surface area contributed by atoms with Crippen molar-refractivity contribution in [2.45, 2.75) is 0 Å². The minimum absolute atomic E-state index is 0.955. The third-order valence-corrected chi connectivity index (χ3v) is 7.76. The number of benzene rings is 5. The average Bonchev–Trinajstić information content (AvgIpc) is 3.61. The van der Waals surface area contributed by atoms with E-state index in [4.69, 9.17) is 4.98 Å². The van der Waals surface area contributed by atoms with Gasteiger partial charge in [-0.25, -0.2) is 4.98 Å². The van der Waals surface area contributed by atoms with Gasteiger partial charge < -0.3 is 8.97 Å². The Morgan fingerprint density at radius 2 is 1.00 bits per heavy atom. The van der Waals surface area contributed by atoms with Crippen LogP contribution in [0.3, 0.4) is 0 Å². The molecular weight excluding hydrogens is 486 g/mol. The van der Waals surface area contributed by atoms with Crippen LogP contribution in [-0.4, -0.2) is 14.0 Å². The van der Waals surface area contributed by atoms with Crippen molar-refractivity contribution >= 4 is 27.5 Å². The van der Waals surface area contributed by atoms with Gasteiger partial charge in [0.2, 0.25) is 0 Å². The van der Waals surface area contributed by atoms with Gasteiger partial charge in [-0.15, -0.1) is 0 Å². The topological polar surface area (TPSA) is 22.2 Å². The van der Waals surface area contributed by atoms with E-state index in [9.17, 15) is 0 Å². The predicted octanol–water partition coefficient (Wildman–Crippen LogP) is 9.43. The molecule has 0 fully saturated rings. The molecule has 0 saturated heterocycles. The lowest BCUT2D eigenvalue weighted by Crippen LogP contribution is -1.93. The summed E-state index contributed by atoms with van der Waals surface area (Å²) in [5.74, 6) is 0. The first-order valence-electron chi connectivity index (χ1n) is 13.6. The van der Waals surface area contributed by atoms with Crippen LogP contribution in [0.4, 0.5) is 0 Å². The van der Waals surface area contributed by atoms with Crippen molar-refractivity contribution in [2.75, 3.05) is 0 Å². The Balaban J connectivity index is 1.27. The fourth-order valence-corrected chi connectivity index (χ4v) is 5.78. The number of imidazole rings is 1. The zero-order valence-electron chi connectivity index (χ0n) is 21.8. The number of aromatic nitrogens is 3. The smallest absolute Gasteiger partial charge is 0.137 e. The van der Waals surface area contributed by atoms with E-state index in [1.165, 1.54) is 49.7 Å². The molecule has 3 nitrogen and oxygen atoms in total. The second-order valence-electron chi connectivity index (χ2n) is 10.2. The molecule has 0 atom stereocenters. The monoisotopic (exact) mass is 511 g/mol. The van der Waals surface area contributed by atoms with E-state index in [0.717, 1.165) is 16.9 Å². The molecule has 3 aromatic heterocycles. The first kappa shape index (κ1) is 22.6. The van der Waals surface area contributed by atoms with Gasteiger partial charge in [0, 0.05) is 34.4 Å². The fourth-order valence-electron chi connectivity index (χ4n) is 5.78. The van der Waals surface area contributed by atoms with Gasteiger partial charge in [0.1, 0.15) is 5.65 Å². The molecule has 0 bridgehead atoms. The molecule has 188 valence electrons. The Labute approximate surface area is 232 Å². The summed E-state index contributed by atoms with van der Waals surface area (Å²) in [5, 5.41) is 2.50. The second kappa shape index (κ2) is 9.11. The minimum atomic E-state index is 0.955. The van der Waals surface area contributed by atoms with Gasteiger partial charge in [0.05, 0.1) is 16.7 Å². The van der Waals surface area contributed by atoms with E-state index in [2.05, 4.69) is 136 Å². The average molecular weight is 512 g/mol. The van der Waals surface area contributed by atoms with Crippen LogP contribution in [0.15, 0.2) is 152 Å². The van der Waals surface area contributed by atoms with Crippen LogP contribution in [0.2, 0.25) is 0 Å². The zero-order valence-corrected chi connectivity index (χ0v) is 21.8. The number of hydrogen-bond acceptors (Lipinski definition) is 1. The highest BCUT2D eigenvalue weighted by molar-refractivity contribution is 6.11. The Bertz CT molecular complexity index is 2100. The first-order valence-corrected chi connectivity index (χ1v) is 13.6. The highest BCUT2D eigenvalue weighted by Crippen LogP contribution is 2.37. The van der Waals surface area contributed by atoms with Crippen LogP contribution in [0, 0.1) is 0 Å².